The van der Waals surface area contributed by atoms with Gasteiger partial charge in [0.25, 0.3) is 0 Å². The van der Waals surface area contributed by atoms with Crippen molar-refractivity contribution in [2.24, 2.45) is 5.14 Å². The molecule has 0 spiro atoms. The molecule has 2 aromatic rings. The van der Waals surface area contributed by atoms with Crippen LogP contribution in [0.2, 0.25) is 5.02 Å². The van der Waals surface area contributed by atoms with Gasteiger partial charge in [-0.15, -0.1) is 0 Å². The van der Waals surface area contributed by atoms with Gasteiger partial charge in [-0.2, -0.15) is 0 Å². The third kappa shape index (κ3) is 3.38. The van der Waals surface area contributed by atoms with Gasteiger partial charge < -0.3 is 15.8 Å². The zero-order chi connectivity index (χ0) is 15.6. The largest absolute Gasteiger partial charge is 0.495 e. The van der Waals surface area contributed by atoms with Crippen molar-refractivity contribution in [3.63, 3.8) is 0 Å². The fourth-order valence-electron chi connectivity index (χ4n) is 1.82. The summed E-state index contributed by atoms with van der Waals surface area (Å²) in [5.74, 6) is 0.541. The summed E-state index contributed by atoms with van der Waals surface area (Å²) in [7, 11) is -2.38. The Kier molecular flexibility index (Phi) is 4.26. The van der Waals surface area contributed by atoms with E-state index in [1.807, 2.05) is 0 Å². The number of methoxy groups -OCH3 is 1. The Hall–Kier alpha value is -1.96. The van der Waals surface area contributed by atoms with E-state index in [1.165, 1.54) is 19.2 Å². The fraction of sp³-hybridized carbons (Fsp3) is 0.0769. The highest BCUT2D eigenvalue weighted by molar-refractivity contribution is 7.89. The molecule has 21 heavy (non-hydrogen) atoms. The molecule has 0 radical (unpaired) electrons. The number of rotatable bonds is 4. The van der Waals surface area contributed by atoms with Gasteiger partial charge in [-0.3, -0.25) is 0 Å². The Morgan fingerprint density at radius 2 is 1.90 bits per heavy atom. The third-order valence-corrected chi connectivity index (χ3v) is 4.01. The van der Waals surface area contributed by atoms with E-state index in [0.717, 1.165) is 0 Å². The molecule has 0 aromatic heterocycles. The van der Waals surface area contributed by atoms with Crippen LogP contribution in [-0.4, -0.2) is 15.5 Å². The lowest BCUT2D eigenvalue weighted by atomic mass is 10.2. The molecule has 0 aliphatic carbocycles. The summed E-state index contributed by atoms with van der Waals surface area (Å²) in [6.45, 7) is 0. The molecule has 2 rings (SSSR count). The predicted octanol–water partition coefficient (Wildman–Crippen LogP) is 2.32. The molecule has 5 N–H and O–H groups in total. The van der Waals surface area contributed by atoms with Gasteiger partial charge in [0.2, 0.25) is 10.0 Å². The van der Waals surface area contributed by atoms with Crippen LogP contribution in [0.5, 0.6) is 5.75 Å². The second kappa shape index (κ2) is 5.80. The van der Waals surface area contributed by atoms with Gasteiger partial charge in [-0.1, -0.05) is 17.7 Å². The summed E-state index contributed by atoms with van der Waals surface area (Å²) < 4.78 is 28.1. The molecule has 0 atom stereocenters. The van der Waals surface area contributed by atoms with Crippen LogP contribution >= 0.6 is 11.6 Å². The maximum Gasteiger partial charge on any atom is 0.240 e. The van der Waals surface area contributed by atoms with Gasteiger partial charge in [-0.05, 0) is 30.3 Å². The predicted molar refractivity (Wildman–Crippen MR) is 83.5 cm³/mol. The maximum absolute atomic E-state index is 11.5. The molecule has 0 bridgehead atoms. The van der Waals surface area contributed by atoms with Crippen LogP contribution < -0.4 is 20.9 Å². The zero-order valence-corrected chi connectivity index (χ0v) is 12.7. The van der Waals surface area contributed by atoms with Crippen LogP contribution in [0.4, 0.5) is 17.1 Å². The van der Waals surface area contributed by atoms with Crippen LogP contribution in [0.25, 0.3) is 0 Å². The van der Waals surface area contributed by atoms with E-state index >= 15 is 0 Å². The second-order valence-corrected chi connectivity index (χ2v) is 6.20. The molecule has 112 valence electrons. The van der Waals surface area contributed by atoms with E-state index in [0.29, 0.717) is 22.1 Å². The first-order chi connectivity index (χ1) is 9.82. The van der Waals surface area contributed by atoms with E-state index in [-0.39, 0.29) is 10.6 Å². The minimum atomic E-state index is -3.89. The number of nitrogen functional groups attached to an aromatic ring is 1. The Labute approximate surface area is 127 Å². The average molecular weight is 328 g/mol. The van der Waals surface area contributed by atoms with Crippen LogP contribution in [0, 0.1) is 0 Å². The van der Waals surface area contributed by atoms with Gasteiger partial charge >= 0.3 is 0 Å². The molecular formula is C13H14ClN3O3S. The highest BCUT2D eigenvalue weighted by Crippen LogP contribution is 2.34. The lowest BCUT2D eigenvalue weighted by molar-refractivity contribution is 0.417. The Morgan fingerprint density at radius 3 is 2.52 bits per heavy atom. The smallest absolute Gasteiger partial charge is 0.240 e. The minimum absolute atomic E-state index is 0.0297. The zero-order valence-electron chi connectivity index (χ0n) is 11.1. The van der Waals surface area contributed by atoms with E-state index in [1.54, 1.807) is 24.3 Å². The second-order valence-electron chi connectivity index (χ2n) is 4.23. The van der Waals surface area contributed by atoms with Crippen LogP contribution in [-0.2, 0) is 10.0 Å². The summed E-state index contributed by atoms with van der Waals surface area (Å²) in [6, 6.07) is 9.51. The maximum atomic E-state index is 11.5. The Balaban J connectivity index is 2.48. The SMILES string of the molecule is COc1ccc(Cl)cc1Nc1cccc(S(N)(=O)=O)c1N. The summed E-state index contributed by atoms with van der Waals surface area (Å²) in [5.41, 5.74) is 6.83. The summed E-state index contributed by atoms with van der Waals surface area (Å²) >= 11 is 5.94. The van der Waals surface area contributed by atoms with Crippen molar-refractivity contribution in [1.82, 2.24) is 0 Å². The van der Waals surface area contributed by atoms with E-state index in [9.17, 15) is 8.42 Å². The fourth-order valence-corrected chi connectivity index (χ4v) is 2.68. The number of para-hydroxylation sites is 1. The normalized spacial score (nSPS) is 11.2. The first-order valence-corrected chi connectivity index (χ1v) is 7.77. The number of nitrogens with one attached hydrogen (secondary N) is 1. The van der Waals surface area contributed by atoms with Gasteiger partial charge in [0.05, 0.1) is 24.2 Å². The molecule has 2 aromatic carbocycles. The highest BCUT2D eigenvalue weighted by atomic mass is 35.5. The van der Waals surface area contributed by atoms with Crippen LogP contribution in [0.3, 0.4) is 0 Å². The number of anilines is 3. The molecule has 0 aliphatic rings. The summed E-state index contributed by atoms with van der Waals surface area (Å²) in [4.78, 5) is -0.145. The molecule has 0 heterocycles. The number of sulfonamides is 1. The van der Waals surface area contributed by atoms with Gasteiger partial charge in [-0.25, -0.2) is 13.6 Å². The van der Waals surface area contributed by atoms with Crippen molar-refractivity contribution >= 4 is 38.7 Å². The van der Waals surface area contributed by atoms with Gasteiger partial charge in [0.1, 0.15) is 10.6 Å². The molecule has 8 heteroatoms. The average Bonchev–Trinajstić information content (AvgIpc) is 2.40. The molecule has 0 saturated carbocycles. The van der Waals surface area contributed by atoms with Crippen molar-refractivity contribution in [3.8, 4) is 5.75 Å². The standard InChI is InChI=1S/C13H14ClN3O3S/c1-20-11-6-5-8(14)7-10(11)17-9-3-2-4-12(13(9)15)21(16,18)19/h2-7,17H,15H2,1H3,(H2,16,18,19). The van der Waals surface area contributed by atoms with E-state index in [2.05, 4.69) is 5.32 Å². The Bertz CT molecular complexity index is 778. The number of nitrogens with two attached hydrogens (primary N) is 2. The van der Waals surface area contributed by atoms with Crippen LogP contribution in [0.1, 0.15) is 0 Å². The number of halogens is 1. The van der Waals surface area contributed by atoms with E-state index < -0.39 is 10.0 Å². The molecule has 0 unspecified atom stereocenters. The third-order valence-electron chi connectivity index (χ3n) is 2.80. The number of ether oxygens (including phenoxy) is 1. The number of hydrogen-bond acceptors (Lipinski definition) is 5. The molecule has 0 amide bonds. The lowest BCUT2D eigenvalue weighted by Crippen LogP contribution is -2.15. The first kappa shape index (κ1) is 15.4. The first-order valence-electron chi connectivity index (χ1n) is 5.85. The van der Waals surface area contributed by atoms with E-state index in [4.69, 9.17) is 27.2 Å². The molecule has 0 fully saturated rings. The summed E-state index contributed by atoms with van der Waals surface area (Å²) in [6.07, 6.45) is 0. The molecular weight excluding hydrogens is 314 g/mol. The Morgan fingerprint density at radius 1 is 1.19 bits per heavy atom. The van der Waals surface area contributed by atoms with Crippen molar-refractivity contribution < 1.29 is 13.2 Å². The number of primary sulfonamides is 1. The topological polar surface area (TPSA) is 107 Å². The molecule has 0 aliphatic heterocycles. The summed E-state index contributed by atoms with van der Waals surface area (Å²) in [5, 5.41) is 8.61. The van der Waals surface area contributed by atoms with Gasteiger partial charge in [0.15, 0.2) is 0 Å². The van der Waals surface area contributed by atoms with Crippen molar-refractivity contribution in [2.75, 3.05) is 18.2 Å². The quantitative estimate of drug-likeness (QED) is 0.747. The van der Waals surface area contributed by atoms with Gasteiger partial charge in [0, 0.05) is 5.02 Å². The molecule has 0 saturated heterocycles. The number of benzene rings is 2. The monoisotopic (exact) mass is 327 g/mol. The molecule has 6 nitrogen and oxygen atoms in total. The van der Waals surface area contributed by atoms with Crippen molar-refractivity contribution in [2.45, 2.75) is 4.90 Å². The highest BCUT2D eigenvalue weighted by Gasteiger charge is 2.15. The number of hydrogen-bond donors (Lipinski definition) is 3. The minimum Gasteiger partial charge on any atom is -0.495 e. The van der Waals surface area contributed by atoms with Crippen molar-refractivity contribution in [3.05, 3.63) is 41.4 Å². The van der Waals surface area contributed by atoms with Crippen LogP contribution in [0.15, 0.2) is 41.3 Å². The lowest BCUT2D eigenvalue weighted by Gasteiger charge is -2.14. The van der Waals surface area contributed by atoms with Crippen molar-refractivity contribution in [1.29, 1.82) is 0 Å².